The van der Waals surface area contributed by atoms with Crippen molar-refractivity contribution in [1.82, 2.24) is 5.32 Å². The molecular weight excluding hydrogens is 188 g/mol. The zero-order valence-electron chi connectivity index (χ0n) is 10.0. The summed E-state index contributed by atoms with van der Waals surface area (Å²) in [6.45, 7) is 6.75. The molecular formula is C12H22N2O. The zero-order valence-corrected chi connectivity index (χ0v) is 10.0. The van der Waals surface area contributed by atoms with Gasteiger partial charge in [0.1, 0.15) is 5.54 Å². The zero-order chi connectivity index (χ0) is 11.3. The summed E-state index contributed by atoms with van der Waals surface area (Å²) in [4.78, 5) is 0. The number of hydrogen-bond donors (Lipinski definition) is 1. The average Bonchev–Trinajstić information content (AvgIpc) is 2.08. The number of nitrogens with zero attached hydrogens (tertiary/aromatic N) is 1. The highest BCUT2D eigenvalue weighted by Gasteiger charge is 2.25. The van der Waals surface area contributed by atoms with Gasteiger partial charge in [-0.3, -0.25) is 5.32 Å². The molecule has 86 valence electrons. The van der Waals surface area contributed by atoms with Gasteiger partial charge in [-0.1, -0.05) is 0 Å². The van der Waals surface area contributed by atoms with E-state index >= 15 is 0 Å². The Hall–Kier alpha value is -0.590. The van der Waals surface area contributed by atoms with E-state index in [0.717, 1.165) is 6.42 Å². The van der Waals surface area contributed by atoms with Crippen LogP contribution in [0.1, 0.15) is 46.5 Å². The lowest BCUT2D eigenvalue weighted by molar-refractivity contribution is -0.00424. The van der Waals surface area contributed by atoms with E-state index < -0.39 is 5.54 Å². The smallest absolute Gasteiger partial charge is 0.106 e. The Morgan fingerprint density at radius 2 is 2.20 bits per heavy atom. The Labute approximate surface area is 92.8 Å². The minimum atomic E-state index is -0.447. The topological polar surface area (TPSA) is 45.0 Å². The first-order valence-corrected chi connectivity index (χ1v) is 5.86. The van der Waals surface area contributed by atoms with Crippen LogP contribution in [0.2, 0.25) is 0 Å². The largest absolute Gasteiger partial charge is 0.378 e. The minimum absolute atomic E-state index is 0.332. The predicted molar refractivity (Wildman–Crippen MR) is 60.5 cm³/mol. The summed E-state index contributed by atoms with van der Waals surface area (Å²) in [7, 11) is 0. The minimum Gasteiger partial charge on any atom is -0.378 e. The SMILES string of the molecule is CC(C)NC(C)(C#N)CCOC1CCC1. The van der Waals surface area contributed by atoms with E-state index in [1.807, 2.05) is 6.92 Å². The van der Waals surface area contributed by atoms with E-state index in [1.165, 1.54) is 19.3 Å². The van der Waals surface area contributed by atoms with Crippen molar-refractivity contribution >= 4 is 0 Å². The molecule has 0 aromatic rings. The molecule has 1 fully saturated rings. The van der Waals surface area contributed by atoms with Crippen LogP contribution < -0.4 is 5.32 Å². The van der Waals surface area contributed by atoms with E-state index in [4.69, 9.17) is 10.00 Å². The lowest BCUT2D eigenvalue weighted by Gasteiger charge is -2.29. The van der Waals surface area contributed by atoms with E-state index in [1.54, 1.807) is 0 Å². The van der Waals surface area contributed by atoms with Gasteiger partial charge >= 0.3 is 0 Å². The normalized spacial score (nSPS) is 20.7. The first kappa shape index (κ1) is 12.5. The van der Waals surface area contributed by atoms with Gasteiger partial charge in [-0.15, -0.1) is 0 Å². The fourth-order valence-corrected chi connectivity index (χ4v) is 1.76. The maximum atomic E-state index is 9.10. The van der Waals surface area contributed by atoms with Crippen LogP contribution in [0.3, 0.4) is 0 Å². The average molecular weight is 210 g/mol. The molecule has 0 saturated heterocycles. The highest BCUT2D eigenvalue weighted by atomic mass is 16.5. The molecule has 1 saturated carbocycles. The molecule has 0 radical (unpaired) electrons. The summed E-state index contributed by atoms with van der Waals surface area (Å²) in [5.41, 5.74) is -0.447. The highest BCUT2D eigenvalue weighted by molar-refractivity contribution is 5.04. The number of rotatable bonds is 6. The molecule has 0 amide bonds. The molecule has 1 N–H and O–H groups in total. The van der Waals surface area contributed by atoms with Gasteiger partial charge in [0.2, 0.25) is 0 Å². The summed E-state index contributed by atoms with van der Waals surface area (Å²) >= 11 is 0. The second kappa shape index (κ2) is 5.48. The standard InChI is InChI=1S/C12H22N2O/c1-10(2)14-12(3,9-13)7-8-15-11-5-4-6-11/h10-11,14H,4-8H2,1-3H3. The molecule has 0 aromatic carbocycles. The fraction of sp³-hybridized carbons (Fsp3) is 0.917. The Morgan fingerprint density at radius 3 is 2.60 bits per heavy atom. The number of nitrogens with one attached hydrogen (secondary N) is 1. The molecule has 0 spiro atoms. The summed E-state index contributed by atoms with van der Waals surface area (Å²) in [6, 6.07) is 2.66. The summed E-state index contributed by atoms with van der Waals surface area (Å²) in [5, 5.41) is 12.4. The molecule has 1 rings (SSSR count). The van der Waals surface area contributed by atoms with Crippen LogP contribution in [0.5, 0.6) is 0 Å². The van der Waals surface area contributed by atoms with Crippen molar-refractivity contribution in [3.63, 3.8) is 0 Å². The molecule has 1 unspecified atom stereocenters. The molecule has 1 atom stereocenters. The number of ether oxygens (including phenoxy) is 1. The van der Waals surface area contributed by atoms with E-state index in [0.29, 0.717) is 18.8 Å². The Bertz CT molecular complexity index is 230. The van der Waals surface area contributed by atoms with Crippen LogP contribution in [0.25, 0.3) is 0 Å². The highest BCUT2D eigenvalue weighted by Crippen LogP contribution is 2.22. The van der Waals surface area contributed by atoms with Gasteiger partial charge in [0.15, 0.2) is 0 Å². The Kier molecular flexibility index (Phi) is 4.56. The van der Waals surface area contributed by atoms with Crippen molar-refractivity contribution in [1.29, 1.82) is 5.26 Å². The van der Waals surface area contributed by atoms with Crippen molar-refractivity contribution in [2.24, 2.45) is 0 Å². The number of nitriles is 1. The van der Waals surface area contributed by atoms with Crippen molar-refractivity contribution in [3.8, 4) is 6.07 Å². The monoisotopic (exact) mass is 210 g/mol. The maximum Gasteiger partial charge on any atom is 0.106 e. The van der Waals surface area contributed by atoms with Gasteiger partial charge in [0, 0.05) is 19.1 Å². The molecule has 0 heterocycles. The molecule has 0 aliphatic heterocycles. The molecule has 3 heteroatoms. The molecule has 3 nitrogen and oxygen atoms in total. The molecule has 1 aliphatic carbocycles. The van der Waals surface area contributed by atoms with Crippen molar-refractivity contribution in [2.45, 2.75) is 64.1 Å². The molecule has 15 heavy (non-hydrogen) atoms. The van der Waals surface area contributed by atoms with Crippen molar-refractivity contribution < 1.29 is 4.74 Å². The van der Waals surface area contributed by atoms with Gasteiger partial charge in [-0.2, -0.15) is 5.26 Å². The number of hydrogen-bond acceptors (Lipinski definition) is 3. The van der Waals surface area contributed by atoms with Crippen LogP contribution in [-0.4, -0.2) is 24.3 Å². The third-order valence-corrected chi connectivity index (χ3v) is 2.86. The van der Waals surface area contributed by atoms with Crippen LogP contribution in [0.4, 0.5) is 0 Å². The lowest BCUT2D eigenvalue weighted by atomic mass is 9.95. The van der Waals surface area contributed by atoms with Crippen LogP contribution >= 0.6 is 0 Å². The fourth-order valence-electron chi connectivity index (χ4n) is 1.76. The van der Waals surface area contributed by atoms with Crippen LogP contribution in [-0.2, 0) is 4.74 Å². The van der Waals surface area contributed by atoms with Crippen molar-refractivity contribution in [2.75, 3.05) is 6.61 Å². The van der Waals surface area contributed by atoms with Gasteiger partial charge in [0.05, 0.1) is 12.2 Å². The second-order valence-corrected chi connectivity index (χ2v) is 4.92. The van der Waals surface area contributed by atoms with Crippen LogP contribution in [0.15, 0.2) is 0 Å². The first-order valence-electron chi connectivity index (χ1n) is 5.86. The third-order valence-electron chi connectivity index (χ3n) is 2.86. The molecule has 0 bridgehead atoms. The van der Waals surface area contributed by atoms with E-state index in [2.05, 4.69) is 25.2 Å². The van der Waals surface area contributed by atoms with Gasteiger partial charge in [0.25, 0.3) is 0 Å². The second-order valence-electron chi connectivity index (χ2n) is 4.92. The predicted octanol–water partition coefficient (Wildman–Crippen LogP) is 2.23. The lowest BCUT2D eigenvalue weighted by Crippen LogP contribution is -2.46. The summed E-state index contributed by atoms with van der Waals surface area (Å²) in [5.74, 6) is 0. The summed E-state index contributed by atoms with van der Waals surface area (Å²) in [6.07, 6.45) is 4.91. The van der Waals surface area contributed by atoms with Crippen LogP contribution in [0, 0.1) is 11.3 Å². The maximum absolute atomic E-state index is 9.10. The van der Waals surface area contributed by atoms with Gasteiger partial charge < -0.3 is 4.74 Å². The quantitative estimate of drug-likeness (QED) is 0.731. The summed E-state index contributed by atoms with van der Waals surface area (Å²) < 4.78 is 5.67. The molecule has 0 aromatic heterocycles. The Morgan fingerprint density at radius 1 is 1.53 bits per heavy atom. The van der Waals surface area contributed by atoms with E-state index in [-0.39, 0.29) is 0 Å². The van der Waals surface area contributed by atoms with Gasteiger partial charge in [-0.05, 0) is 40.0 Å². The first-order chi connectivity index (χ1) is 7.06. The van der Waals surface area contributed by atoms with E-state index in [9.17, 15) is 0 Å². The third kappa shape index (κ3) is 4.19. The van der Waals surface area contributed by atoms with Crippen molar-refractivity contribution in [3.05, 3.63) is 0 Å². The van der Waals surface area contributed by atoms with Gasteiger partial charge in [-0.25, -0.2) is 0 Å². The molecule has 1 aliphatic rings. The Balaban J connectivity index is 2.22.